The molecule has 1 saturated heterocycles. The third kappa shape index (κ3) is 2.79. The van der Waals surface area contributed by atoms with Gasteiger partial charge in [0, 0.05) is 13.1 Å². The molecule has 116 valence electrons. The van der Waals surface area contributed by atoms with E-state index in [1.165, 1.54) is 16.8 Å². The van der Waals surface area contributed by atoms with Gasteiger partial charge in [-0.05, 0) is 37.1 Å². The first-order valence-corrected chi connectivity index (χ1v) is 7.43. The number of hydrogen-bond donors (Lipinski definition) is 1. The number of halogens is 1. The zero-order valence-corrected chi connectivity index (χ0v) is 12.2. The highest BCUT2D eigenvalue weighted by atomic mass is 19.1. The minimum atomic E-state index is -0.344. The summed E-state index contributed by atoms with van der Waals surface area (Å²) in [6.45, 7) is 1.45. The first-order chi connectivity index (χ1) is 10.7. The number of carbonyl (C=O) groups excluding carboxylic acids is 1. The first-order valence-electron chi connectivity index (χ1n) is 7.43. The van der Waals surface area contributed by atoms with Crippen LogP contribution in [-0.4, -0.2) is 38.9 Å². The molecule has 0 aliphatic carbocycles. The van der Waals surface area contributed by atoms with Gasteiger partial charge < -0.3 is 10.6 Å². The van der Waals surface area contributed by atoms with Crippen LogP contribution in [0.5, 0.6) is 0 Å². The van der Waals surface area contributed by atoms with E-state index in [4.69, 9.17) is 5.73 Å². The lowest BCUT2D eigenvalue weighted by molar-refractivity contribution is 0.0757. The van der Waals surface area contributed by atoms with Crippen LogP contribution in [0.1, 0.15) is 36.2 Å². The normalized spacial score (nSPS) is 15.6. The molecule has 7 heteroatoms. The Bertz CT molecular complexity index is 659. The Hall–Kier alpha value is -2.44. The average Bonchev–Trinajstić information content (AvgIpc) is 2.75. The fourth-order valence-corrected chi connectivity index (χ4v) is 2.64. The monoisotopic (exact) mass is 303 g/mol. The maximum Gasteiger partial charge on any atom is 0.278 e. The number of carbonyl (C=O) groups is 1. The van der Waals surface area contributed by atoms with Crippen molar-refractivity contribution in [3.8, 4) is 5.69 Å². The molecule has 0 saturated carbocycles. The number of nitrogens with two attached hydrogens (primary N) is 1. The molecule has 1 aromatic carbocycles. The number of amides is 1. The van der Waals surface area contributed by atoms with Crippen molar-refractivity contribution in [3.05, 3.63) is 35.8 Å². The topological polar surface area (TPSA) is 77.0 Å². The fourth-order valence-electron chi connectivity index (χ4n) is 2.64. The highest BCUT2D eigenvalue weighted by molar-refractivity contribution is 5.96. The first kappa shape index (κ1) is 14.5. The van der Waals surface area contributed by atoms with Crippen LogP contribution >= 0.6 is 0 Å². The van der Waals surface area contributed by atoms with Crippen LogP contribution in [0.2, 0.25) is 0 Å². The van der Waals surface area contributed by atoms with E-state index < -0.39 is 0 Å². The Labute approximate surface area is 127 Å². The number of benzene rings is 1. The molecular weight excluding hydrogens is 285 g/mol. The summed E-state index contributed by atoms with van der Waals surface area (Å²) in [5, 5.41) is 7.85. The van der Waals surface area contributed by atoms with Gasteiger partial charge in [0.25, 0.3) is 5.91 Å². The maximum absolute atomic E-state index is 13.0. The van der Waals surface area contributed by atoms with Gasteiger partial charge in [0.2, 0.25) is 0 Å². The molecule has 0 spiro atoms. The molecule has 2 aromatic rings. The molecule has 22 heavy (non-hydrogen) atoms. The van der Waals surface area contributed by atoms with Crippen LogP contribution < -0.4 is 5.73 Å². The molecule has 0 unspecified atom stereocenters. The minimum Gasteiger partial charge on any atom is -0.382 e. The zero-order chi connectivity index (χ0) is 15.5. The second-order valence-electron chi connectivity index (χ2n) is 5.42. The van der Waals surface area contributed by atoms with Crippen molar-refractivity contribution in [1.29, 1.82) is 0 Å². The van der Waals surface area contributed by atoms with Crippen molar-refractivity contribution >= 4 is 11.7 Å². The lowest BCUT2D eigenvalue weighted by Crippen LogP contribution is -2.32. The van der Waals surface area contributed by atoms with Gasteiger partial charge in [-0.25, -0.2) is 4.39 Å². The quantitative estimate of drug-likeness (QED) is 0.920. The minimum absolute atomic E-state index is 0.159. The lowest BCUT2D eigenvalue weighted by Gasteiger charge is -2.18. The van der Waals surface area contributed by atoms with Gasteiger partial charge in [0.1, 0.15) is 5.82 Å². The van der Waals surface area contributed by atoms with Crippen LogP contribution in [0.25, 0.3) is 5.69 Å². The summed E-state index contributed by atoms with van der Waals surface area (Å²) < 4.78 is 14.3. The molecule has 6 nitrogen and oxygen atoms in total. The van der Waals surface area contributed by atoms with Gasteiger partial charge in [-0.3, -0.25) is 4.79 Å². The van der Waals surface area contributed by atoms with E-state index in [2.05, 4.69) is 10.3 Å². The van der Waals surface area contributed by atoms with Gasteiger partial charge in [-0.15, -0.1) is 5.10 Å². The fraction of sp³-hybridized carbons (Fsp3) is 0.400. The van der Waals surface area contributed by atoms with Gasteiger partial charge >= 0.3 is 0 Å². The molecule has 2 heterocycles. The Morgan fingerprint density at radius 1 is 1.09 bits per heavy atom. The molecule has 2 N–H and O–H groups in total. The molecule has 0 atom stereocenters. The van der Waals surface area contributed by atoms with Gasteiger partial charge in [0.15, 0.2) is 11.5 Å². The Balaban J connectivity index is 1.86. The molecule has 0 radical (unpaired) electrons. The van der Waals surface area contributed by atoms with E-state index in [0.717, 1.165) is 38.8 Å². The Morgan fingerprint density at radius 2 is 1.73 bits per heavy atom. The van der Waals surface area contributed by atoms with Crippen molar-refractivity contribution in [1.82, 2.24) is 19.9 Å². The smallest absolute Gasteiger partial charge is 0.278 e. The summed E-state index contributed by atoms with van der Waals surface area (Å²) in [6.07, 6.45) is 4.28. The number of rotatable bonds is 2. The number of nitrogen functional groups attached to an aromatic ring is 1. The van der Waals surface area contributed by atoms with Crippen molar-refractivity contribution in [2.24, 2.45) is 0 Å². The molecule has 0 bridgehead atoms. The van der Waals surface area contributed by atoms with Gasteiger partial charge in [0.05, 0.1) is 5.69 Å². The lowest BCUT2D eigenvalue weighted by atomic mass is 10.2. The molecule has 1 fully saturated rings. The molecular formula is C15H18FN5O. The third-order valence-corrected chi connectivity index (χ3v) is 3.87. The summed E-state index contributed by atoms with van der Waals surface area (Å²) >= 11 is 0. The number of aromatic nitrogens is 3. The molecule has 1 aliphatic heterocycles. The number of anilines is 1. The van der Waals surface area contributed by atoms with Gasteiger partial charge in [-0.2, -0.15) is 4.68 Å². The standard InChI is InChI=1S/C15H18FN5O/c16-11-5-7-12(8-6-11)21-14(17)13(18-19-21)15(22)20-9-3-1-2-4-10-20/h5-8H,1-4,9-10,17H2. The third-order valence-electron chi connectivity index (χ3n) is 3.87. The zero-order valence-electron chi connectivity index (χ0n) is 12.2. The predicted octanol–water partition coefficient (Wildman–Crippen LogP) is 2.00. The van der Waals surface area contributed by atoms with Crippen molar-refractivity contribution < 1.29 is 9.18 Å². The van der Waals surface area contributed by atoms with Crippen LogP contribution in [0.3, 0.4) is 0 Å². The van der Waals surface area contributed by atoms with Gasteiger partial charge in [-0.1, -0.05) is 18.1 Å². The maximum atomic E-state index is 13.0. The van der Waals surface area contributed by atoms with E-state index in [1.807, 2.05) is 0 Å². The summed E-state index contributed by atoms with van der Waals surface area (Å²) in [5.41, 5.74) is 6.75. The Morgan fingerprint density at radius 3 is 2.36 bits per heavy atom. The van der Waals surface area contributed by atoms with E-state index in [0.29, 0.717) is 5.69 Å². The highest BCUT2D eigenvalue weighted by Gasteiger charge is 2.24. The second kappa shape index (κ2) is 6.13. The summed E-state index contributed by atoms with van der Waals surface area (Å²) in [5.74, 6) is -0.350. The average molecular weight is 303 g/mol. The molecule has 3 rings (SSSR count). The summed E-state index contributed by atoms with van der Waals surface area (Å²) in [6, 6.07) is 5.71. The predicted molar refractivity (Wildman–Crippen MR) is 80.1 cm³/mol. The Kier molecular flexibility index (Phi) is 4.04. The number of hydrogen-bond acceptors (Lipinski definition) is 4. The summed E-state index contributed by atoms with van der Waals surface area (Å²) in [4.78, 5) is 14.3. The van der Waals surface area contributed by atoms with Crippen molar-refractivity contribution in [2.75, 3.05) is 18.8 Å². The second-order valence-corrected chi connectivity index (χ2v) is 5.42. The van der Waals surface area contributed by atoms with Crippen molar-refractivity contribution in [2.45, 2.75) is 25.7 Å². The van der Waals surface area contributed by atoms with E-state index in [-0.39, 0.29) is 23.2 Å². The van der Waals surface area contributed by atoms with Crippen LogP contribution in [0.15, 0.2) is 24.3 Å². The van der Waals surface area contributed by atoms with Crippen LogP contribution in [0.4, 0.5) is 10.2 Å². The largest absolute Gasteiger partial charge is 0.382 e. The van der Waals surface area contributed by atoms with E-state index in [9.17, 15) is 9.18 Å². The molecule has 1 aliphatic rings. The van der Waals surface area contributed by atoms with Crippen molar-refractivity contribution in [3.63, 3.8) is 0 Å². The molecule has 1 amide bonds. The van der Waals surface area contributed by atoms with E-state index >= 15 is 0 Å². The van der Waals surface area contributed by atoms with Crippen LogP contribution in [-0.2, 0) is 0 Å². The molecule has 1 aromatic heterocycles. The number of nitrogens with zero attached hydrogens (tertiary/aromatic N) is 4. The van der Waals surface area contributed by atoms with E-state index in [1.54, 1.807) is 17.0 Å². The SMILES string of the molecule is Nc1c(C(=O)N2CCCCCC2)nnn1-c1ccc(F)cc1. The summed E-state index contributed by atoms with van der Waals surface area (Å²) in [7, 11) is 0. The van der Waals surface area contributed by atoms with Crippen LogP contribution in [0, 0.1) is 5.82 Å². The number of likely N-dealkylation sites (tertiary alicyclic amines) is 1. The highest BCUT2D eigenvalue weighted by Crippen LogP contribution is 2.19.